The minimum absolute atomic E-state index is 0.0840. The molecule has 0 aliphatic rings. The molecule has 0 radical (unpaired) electrons. The Morgan fingerprint density at radius 1 is 1.04 bits per heavy atom. The maximum absolute atomic E-state index is 12.8. The maximum Gasteiger partial charge on any atom is 0.310 e. The monoisotopic (exact) mass is 311 g/mol. The predicted octanol–water partition coefficient (Wildman–Crippen LogP) is 3.28. The maximum atomic E-state index is 12.8. The Kier molecular flexibility index (Phi) is 4.19. The van der Waals surface area contributed by atoms with Crippen LogP contribution in [0.2, 0.25) is 0 Å². The molecule has 0 atom stereocenters. The van der Waals surface area contributed by atoms with Gasteiger partial charge in [-0.25, -0.2) is 4.39 Å². The van der Waals surface area contributed by atoms with E-state index < -0.39 is 11.8 Å². The summed E-state index contributed by atoms with van der Waals surface area (Å²) in [5.41, 5.74) is 2.07. The summed E-state index contributed by atoms with van der Waals surface area (Å²) in [6.45, 7) is -0.354. The molecule has 0 bridgehead atoms. The van der Waals surface area contributed by atoms with Gasteiger partial charge >= 0.3 is 5.97 Å². The Hall–Kier alpha value is -2.95. The lowest BCUT2D eigenvalue weighted by Crippen LogP contribution is -2.15. The number of aromatic amines is 1. The van der Waals surface area contributed by atoms with Crippen molar-refractivity contribution in [3.05, 3.63) is 71.7 Å². The summed E-state index contributed by atoms with van der Waals surface area (Å²) in [6.07, 6.45) is 1.84. The van der Waals surface area contributed by atoms with Gasteiger partial charge in [-0.15, -0.1) is 0 Å². The zero-order valence-electron chi connectivity index (χ0n) is 12.2. The number of aromatic nitrogens is 1. The summed E-state index contributed by atoms with van der Waals surface area (Å²) in [4.78, 5) is 26.8. The van der Waals surface area contributed by atoms with Crippen molar-refractivity contribution in [2.45, 2.75) is 6.42 Å². The topological polar surface area (TPSA) is 59.2 Å². The number of Topliss-reactive ketones (excluding diaryl/α,β-unsaturated/α-hetero) is 1. The SMILES string of the molecule is O=C(Cc1c[nH]c2ccccc12)OCC(=O)c1ccc(F)cc1. The van der Waals surface area contributed by atoms with Crippen LogP contribution < -0.4 is 0 Å². The van der Waals surface area contributed by atoms with Crippen LogP contribution in [0.25, 0.3) is 10.9 Å². The first-order valence-electron chi connectivity index (χ1n) is 7.13. The molecule has 0 saturated carbocycles. The predicted molar refractivity (Wildman–Crippen MR) is 83.7 cm³/mol. The van der Waals surface area contributed by atoms with E-state index in [1.54, 1.807) is 6.20 Å². The highest BCUT2D eigenvalue weighted by Gasteiger charge is 2.12. The van der Waals surface area contributed by atoms with E-state index >= 15 is 0 Å². The third kappa shape index (κ3) is 3.45. The van der Waals surface area contributed by atoms with E-state index in [2.05, 4.69) is 4.98 Å². The zero-order valence-corrected chi connectivity index (χ0v) is 12.2. The van der Waals surface area contributed by atoms with Crippen LogP contribution in [0.4, 0.5) is 4.39 Å². The molecule has 23 heavy (non-hydrogen) atoms. The number of carbonyl (C=O) groups is 2. The van der Waals surface area contributed by atoms with Crippen molar-refractivity contribution in [3.8, 4) is 0 Å². The lowest BCUT2D eigenvalue weighted by molar-refractivity contribution is -0.141. The van der Waals surface area contributed by atoms with Gasteiger partial charge in [0.25, 0.3) is 0 Å². The minimum atomic E-state index is -0.481. The van der Waals surface area contributed by atoms with Crippen LogP contribution in [-0.4, -0.2) is 23.3 Å². The van der Waals surface area contributed by atoms with Crippen molar-refractivity contribution < 1.29 is 18.7 Å². The summed E-state index contributed by atoms with van der Waals surface area (Å²) >= 11 is 0. The first kappa shape index (κ1) is 15.0. The van der Waals surface area contributed by atoms with Gasteiger partial charge in [-0.05, 0) is 35.9 Å². The Balaban J connectivity index is 1.59. The van der Waals surface area contributed by atoms with Crippen LogP contribution in [0.5, 0.6) is 0 Å². The van der Waals surface area contributed by atoms with Crippen molar-refractivity contribution in [1.82, 2.24) is 4.98 Å². The molecule has 3 aromatic rings. The van der Waals surface area contributed by atoms with Gasteiger partial charge in [0.15, 0.2) is 12.4 Å². The number of rotatable bonds is 5. The smallest absolute Gasteiger partial charge is 0.310 e. The molecule has 0 amide bonds. The minimum Gasteiger partial charge on any atom is -0.457 e. The fourth-order valence-electron chi connectivity index (χ4n) is 2.35. The summed E-state index contributed by atoms with van der Waals surface area (Å²) < 4.78 is 17.8. The molecule has 1 aromatic heterocycles. The summed E-state index contributed by atoms with van der Waals surface area (Å²) in [5.74, 6) is -1.26. The normalized spacial score (nSPS) is 10.7. The van der Waals surface area contributed by atoms with Crippen LogP contribution in [0.3, 0.4) is 0 Å². The highest BCUT2D eigenvalue weighted by molar-refractivity contribution is 5.98. The van der Waals surface area contributed by atoms with Crippen LogP contribution in [0.1, 0.15) is 15.9 Å². The summed E-state index contributed by atoms with van der Waals surface area (Å²) in [7, 11) is 0. The van der Waals surface area contributed by atoms with Crippen molar-refractivity contribution in [2.75, 3.05) is 6.61 Å². The van der Waals surface area contributed by atoms with Crippen LogP contribution in [0.15, 0.2) is 54.7 Å². The molecule has 116 valence electrons. The lowest BCUT2D eigenvalue weighted by atomic mass is 10.1. The Labute approximate surface area is 131 Å². The van der Waals surface area contributed by atoms with Gasteiger partial charge in [-0.2, -0.15) is 0 Å². The Morgan fingerprint density at radius 3 is 2.57 bits per heavy atom. The first-order chi connectivity index (χ1) is 11.1. The van der Waals surface area contributed by atoms with Gasteiger partial charge in [0, 0.05) is 22.7 Å². The number of esters is 1. The molecule has 0 fully saturated rings. The number of benzene rings is 2. The molecule has 0 unspecified atom stereocenters. The van der Waals surface area contributed by atoms with E-state index in [4.69, 9.17) is 4.74 Å². The van der Waals surface area contributed by atoms with Gasteiger partial charge in [0.05, 0.1) is 6.42 Å². The molecule has 0 aliphatic carbocycles. The van der Waals surface area contributed by atoms with Crippen molar-refractivity contribution in [3.63, 3.8) is 0 Å². The zero-order chi connectivity index (χ0) is 16.2. The van der Waals surface area contributed by atoms with E-state index in [0.717, 1.165) is 16.5 Å². The van der Waals surface area contributed by atoms with Crippen LogP contribution in [0, 0.1) is 5.82 Å². The third-order valence-corrected chi connectivity index (χ3v) is 3.54. The van der Waals surface area contributed by atoms with E-state index in [1.165, 1.54) is 24.3 Å². The van der Waals surface area contributed by atoms with Gasteiger partial charge in [-0.3, -0.25) is 9.59 Å². The molecule has 3 rings (SSSR count). The molecule has 5 heteroatoms. The average Bonchev–Trinajstić information content (AvgIpc) is 2.96. The van der Waals surface area contributed by atoms with Gasteiger partial charge in [0.1, 0.15) is 5.82 Å². The molecule has 0 spiro atoms. The standard InChI is InChI=1S/C18H14FNO3/c19-14-7-5-12(6-8-14)17(21)11-23-18(22)9-13-10-20-16-4-2-1-3-15(13)16/h1-8,10,20H,9,11H2. The largest absolute Gasteiger partial charge is 0.457 e. The summed E-state index contributed by atoms with van der Waals surface area (Å²) in [6, 6.07) is 12.8. The Bertz CT molecular complexity index is 852. The first-order valence-corrected chi connectivity index (χ1v) is 7.13. The highest BCUT2D eigenvalue weighted by atomic mass is 19.1. The molecular formula is C18H14FNO3. The number of para-hydroxylation sites is 1. The molecule has 4 nitrogen and oxygen atoms in total. The average molecular weight is 311 g/mol. The van der Waals surface area contributed by atoms with E-state index in [1.807, 2.05) is 24.3 Å². The fourth-order valence-corrected chi connectivity index (χ4v) is 2.35. The fraction of sp³-hybridized carbons (Fsp3) is 0.111. The quantitative estimate of drug-likeness (QED) is 0.581. The number of hydrogen-bond donors (Lipinski definition) is 1. The Morgan fingerprint density at radius 2 is 1.78 bits per heavy atom. The molecular weight excluding hydrogens is 297 g/mol. The number of ether oxygens (including phenoxy) is 1. The number of carbonyl (C=O) groups excluding carboxylic acids is 2. The van der Waals surface area contributed by atoms with Gasteiger partial charge < -0.3 is 9.72 Å². The number of nitrogens with one attached hydrogen (secondary N) is 1. The highest BCUT2D eigenvalue weighted by Crippen LogP contribution is 2.18. The third-order valence-electron chi connectivity index (χ3n) is 3.54. The second kappa shape index (κ2) is 6.44. The number of fused-ring (bicyclic) bond motifs is 1. The van der Waals surface area contributed by atoms with E-state index in [-0.39, 0.29) is 18.8 Å². The molecule has 1 N–H and O–H groups in total. The second-order valence-corrected chi connectivity index (χ2v) is 5.13. The van der Waals surface area contributed by atoms with Crippen LogP contribution in [-0.2, 0) is 16.0 Å². The molecule has 1 heterocycles. The van der Waals surface area contributed by atoms with Crippen molar-refractivity contribution in [2.24, 2.45) is 0 Å². The van der Waals surface area contributed by atoms with Crippen molar-refractivity contribution in [1.29, 1.82) is 0 Å². The lowest BCUT2D eigenvalue weighted by Gasteiger charge is -2.04. The number of hydrogen-bond acceptors (Lipinski definition) is 3. The number of halogens is 1. The van der Waals surface area contributed by atoms with Crippen molar-refractivity contribution >= 4 is 22.7 Å². The molecule has 2 aromatic carbocycles. The van der Waals surface area contributed by atoms with E-state index in [9.17, 15) is 14.0 Å². The van der Waals surface area contributed by atoms with Gasteiger partial charge in [0.2, 0.25) is 0 Å². The van der Waals surface area contributed by atoms with E-state index in [0.29, 0.717) is 5.56 Å². The summed E-state index contributed by atoms with van der Waals surface area (Å²) in [5, 5.41) is 0.953. The number of ketones is 1. The molecule has 0 aliphatic heterocycles. The van der Waals surface area contributed by atoms with Crippen LogP contribution >= 0.6 is 0 Å². The number of H-pyrrole nitrogens is 1. The molecule has 0 saturated heterocycles. The van der Waals surface area contributed by atoms with Gasteiger partial charge in [-0.1, -0.05) is 18.2 Å². The second-order valence-electron chi connectivity index (χ2n) is 5.13.